The summed E-state index contributed by atoms with van der Waals surface area (Å²) in [6.45, 7) is 7.79. The average Bonchev–Trinajstić information content (AvgIpc) is 3.25. The maximum Gasteiger partial charge on any atom is 0.261 e. The molecule has 0 aliphatic carbocycles. The van der Waals surface area contributed by atoms with Crippen molar-refractivity contribution in [2.75, 3.05) is 13.1 Å². The van der Waals surface area contributed by atoms with Gasteiger partial charge in [0.2, 0.25) is 5.91 Å². The lowest BCUT2D eigenvalue weighted by Crippen LogP contribution is -2.42. The van der Waals surface area contributed by atoms with Gasteiger partial charge in [-0.05, 0) is 26.3 Å². The van der Waals surface area contributed by atoms with Crippen molar-refractivity contribution < 1.29 is 14.3 Å². The first-order valence-corrected chi connectivity index (χ1v) is 10.0. The molecule has 0 saturated carbocycles. The number of amides is 2. The fraction of sp³-hybridized carbons (Fsp3) is 0.429. The first-order chi connectivity index (χ1) is 12.8. The van der Waals surface area contributed by atoms with Crippen molar-refractivity contribution >= 4 is 23.2 Å². The molecule has 1 aliphatic heterocycles. The maximum atomic E-state index is 12.4. The van der Waals surface area contributed by atoms with Gasteiger partial charge < -0.3 is 15.0 Å². The van der Waals surface area contributed by atoms with Crippen molar-refractivity contribution in [3.8, 4) is 5.75 Å². The minimum absolute atomic E-state index is 0.115. The van der Waals surface area contributed by atoms with Crippen LogP contribution < -0.4 is 10.1 Å². The molecule has 1 aromatic carbocycles. The average molecular weight is 387 g/mol. The molecule has 0 spiro atoms. The normalized spacial score (nSPS) is 17.2. The van der Waals surface area contributed by atoms with Crippen LogP contribution >= 0.6 is 11.3 Å². The van der Waals surface area contributed by atoms with E-state index in [4.69, 9.17) is 4.74 Å². The van der Waals surface area contributed by atoms with Crippen LogP contribution in [0.25, 0.3) is 0 Å². The molecule has 1 atom stereocenters. The molecule has 5 nitrogen and oxygen atoms in total. The zero-order valence-corrected chi connectivity index (χ0v) is 16.8. The number of carbonyl (C=O) groups is 2. The van der Waals surface area contributed by atoms with E-state index in [1.165, 1.54) is 11.3 Å². The van der Waals surface area contributed by atoms with Gasteiger partial charge in [-0.1, -0.05) is 30.3 Å². The molecule has 0 radical (unpaired) electrons. The topological polar surface area (TPSA) is 58.6 Å². The summed E-state index contributed by atoms with van der Waals surface area (Å²) in [5.41, 5.74) is 0.915. The van der Waals surface area contributed by atoms with E-state index in [0.29, 0.717) is 36.7 Å². The molecule has 2 heterocycles. The molecule has 1 saturated heterocycles. The lowest BCUT2D eigenvalue weighted by atomic mass is 10.1. The number of likely N-dealkylation sites (tertiary alicyclic amines) is 1. The number of thiophene rings is 1. The Hall–Kier alpha value is -2.34. The summed E-state index contributed by atoms with van der Waals surface area (Å²) in [5, 5.41) is 4.80. The van der Waals surface area contributed by atoms with Crippen molar-refractivity contribution in [3.63, 3.8) is 0 Å². The van der Waals surface area contributed by atoms with Gasteiger partial charge in [-0.2, -0.15) is 0 Å². The van der Waals surface area contributed by atoms with Gasteiger partial charge in [0.05, 0.1) is 4.88 Å². The van der Waals surface area contributed by atoms with Gasteiger partial charge >= 0.3 is 0 Å². The Bertz CT molecular complexity index is 795. The highest BCUT2D eigenvalue weighted by Crippen LogP contribution is 2.26. The lowest BCUT2D eigenvalue weighted by Gasteiger charge is -2.32. The standard InChI is InChI=1S/C21H26N2O3S/c1-21(2,3)23-12-16(9-19(23)24)11-22-20(25)18-10-17(14-27-18)26-13-15-7-5-4-6-8-15/h4-8,10,14,16H,9,11-13H2,1-3H3,(H,22,25). The summed E-state index contributed by atoms with van der Waals surface area (Å²) < 4.78 is 5.75. The van der Waals surface area contributed by atoms with Crippen LogP contribution in [0.15, 0.2) is 41.8 Å². The van der Waals surface area contributed by atoms with Gasteiger partial charge in [0.1, 0.15) is 12.4 Å². The molecule has 6 heteroatoms. The molecule has 2 amide bonds. The van der Waals surface area contributed by atoms with Crippen LogP contribution in [-0.4, -0.2) is 35.3 Å². The minimum Gasteiger partial charge on any atom is -0.488 e. The van der Waals surface area contributed by atoms with Crippen LogP contribution in [0.3, 0.4) is 0 Å². The second-order valence-corrected chi connectivity index (χ2v) is 8.79. The number of nitrogens with one attached hydrogen (secondary N) is 1. The molecule has 0 bridgehead atoms. The van der Waals surface area contributed by atoms with Gasteiger partial charge in [0.15, 0.2) is 0 Å². The molecule has 2 aromatic rings. The van der Waals surface area contributed by atoms with Crippen molar-refractivity contribution in [1.29, 1.82) is 0 Å². The number of hydrogen-bond acceptors (Lipinski definition) is 4. The number of rotatable bonds is 6. The van der Waals surface area contributed by atoms with Gasteiger partial charge in [-0.25, -0.2) is 0 Å². The van der Waals surface area contributed by atoms with E-state index in [1.54, 1.807) is 6.07 Å². The van der Waals surface area contributed by atoms with Crippen molar-refractivity contribution in [3.05, 3.63) is 52.2 Å². The van der Waals surface area contributed by atoms with E-state index in [1.807, 2.05) is 61.4 Å². The Morgan fingerprint density at radius 2 is 2.04 bits per heavy atom. The monoisotopic (exact) mass is 386 g/mol. The van der Waals surface area contributed by atoms with Crippen molar-refractivity contribution in [2.45, 2.75) is 39.3 Å². The molecule has 1 unspecified atom stereocenters. The third kappa shape index (κ3) is 5.10. The van der Waals surface area contributed by atoms with E-state index in [9.17, 15) is 9.59 Å². The molecule has 3 rings (SSSR count). The molecule has 1 aromatic heterocycles. The molecular weight excluding hydrogens is 360 g/mol. The number of nitrogens with zero attached hydrogens (tertiary/aromatic N) is 1. The molecule has 144 valence electrons. The summed E-state index contributed by atoms with van der Waals surface area (Å²) in [5.74, 6) is 0.907. The predicted octanol–water partition coefficient (Wildman–Crippen LogP) is 3.70. The quantitative estimate of drug-likeness (QED) is 0.823. The van der Waals surface area contributed by atoms with E-state index in [0.717, 1.165) is 5.56 Å². The Kier molecular flexibility index (Phi) is 5.85. The first-order valence-electron chi connectivity index (χ1n) is 9.17. The summed E-state index contributed by atoms with van der Waals surface area (Å²) in [6, 6.07) is 11.7. The highest BCUT2D eigenvalue weighted by atomic mass is 32.1. The highest BCUT2D eigenvalue weighted by Gasteiger charge is 2.36. The first kappa shape index (κ1) is 19.4. The van der Waals surface area contributed by atoms with Crippen LogP contribution in [0.4, 0.5) is 0 Å². The summed E-state index contributed by atoms with van der Waals surface area (Å²) in [4.78, 5) is 27.0. The Labute approximate surface area is 164 Å². The molecular formula is C21H26N2O3S. The van der Waals surface area contributed by atoms with Crippen LogP contribution in [0, 0.1) is 5.92 Å². The zero-order valence-electron chi connectivity index (χ0n) is 16.0. The molecule has 1 fully saturated rings. The lowest BCUT2D eigenvalue weighted by molar-refractivity contribution is -0.131. The molecule has 27 heavy (non-hydrogen) atoms. The van der Waals surface area contributed by atoms with Gasteiger partial charge in [-0.15, -0.1) is 11.3 Å². The van der Waals surface area contributed by atoms with Crippen LogP contribution in [0.1, 0.15) is 42.4 Å². The molecule has 1 N–H and O–H groups in total. The second-order valence-electron chi connectivity index (χ2n) is 7.88. The van der Waals surface area contributed by atoms with Crippen LogP contribution in [0.2, 0.25) is 0 Å². The largest absolute Gasteiger partial charge is 0.488 e. The number of hydrogen-bond donors (Lipinski definition) is 1. The van der Waals surface area contributed by atoms with Crippen molar-refractivity contribution in [2.24, 2.45) is 5.92 Å². The summed E-state index contributed by atoms with van der Waals surface area (Å²) >= 11 is 1.37. The smallest absolute Gasteiger partial charge is 0.261 e. The van der Waals surface area contributed by atoms with E-state index < -0.39 is 0 Å². The van der Waals surface area contributed by atoms with Gasteiger partial charge in [-0.3, -0.25) is 9.59 Å². The number of ether oxygens (including phenoxy) is 1. The fourth-order valence-corrected chi connectivity index (χ4v) is 3.89. The maximum absolute atomic E-state index is 12.4. The second kappa shape index (κ2) is 8.13. The van der Waals surface area contributed by atoms with Gasteiger partial charge in [0.25, 0.3) is 5.91 Å². The molecule has 1 aliphatic rings. The summed E-state index contributed by atoms with van der Waals surface area (Å²) in [6.07, 6.45) is 0.493. The third-order valence-corrected chi connectivity index (χ3v) is 5.52. The summed E-state index contributed by atoms with van der Waals surface area (Å²) in [7, 11) is 0. The SMILES string of the molecule is CC(C)(C)N1CC(CNC(=O)c2cc(OCc3ccccc3)cs2)CC1=O. The third-order valence-electron chi connectivity index (χ3n) is 4.61. The van der Waals surface area contributed by atoms with Crippen LogP contribution in [-0.2, 0) is 11.4 Å². The van der Waals surface area contributed by atoms with Crippen molar-refractivity contribution in [1.82, 2.24) is 10.2 Å². The number of benzene rings is 1. The van der Waals surface area contributed by atoms with Gasteiger partial charge in [0, 0.05) is 42.4 Å². The van der Waals surface area contributed by atoms with E-state index >= 15 is 0 Å². The fourth-order valence-electron chi connectivity index (χ4n) is 3.15. The minimum atomic E-state index is -0.172. The van der Waals surface area contributed by atoms with Crippen LogP contribution in [0.5, 0.6) is 5.75 Å². The van der Waals surface area contributed by atoms with E-state index in [2.05, 4.69) is 5.32 Å². The zero-order chi connectivity index (χ0) is 19.4. The Morgan fingerprint density at radius 3 is 2.70 bits per heavy atom. The van der Waals surface area contributed by atoms with E-state index in [-0.39, 0.29) is 23.3 Å². The number of carbonyl (C=O) groups excluding carboxylic acids is 2. The Morgan fingerprint density at radius 1 is 1.30 bits per heavy atom. The highest BCUT2D eigenvalue weighted by molar-refractivity contribution is 7.12. The predicted molar refractivity (Wildman–Crippen MR) is 107 cm³/mol. The Balaban J connectivity index is 1.48.